The molecule has 0 aromatic carbocycles. The molecule has 1 rings (SSSR count). The van der Waals surface area contributed by atoms with Gasteiger partial charge in [0.1, 0.15) is 19.0 Å². The number of aliphatic hydroxyl groups excluding tert-OH is 1. The highest BCUT2D eigenvalue weighted by Gasteiger charge is 2.37. The molecule has 2 atom stereocenters. The molecule has 15 heavy (non-hydrogen) atoms. The summed E-state index contributed by atoms with van der Waals surface area (Å²) in [6.07, 6.45) is -0.621. The third-order valence-electron chi connectivity index (χ3n) is 2.19. The van der Waals surface area contributed by atoms with Gasteiger partial charge in [-0.1, -0.05) is 0 Å². The molecule has 5 heteroatoms. The van der Waals surface area contributed by atoms with Crippen LogP contribution in [0.5, 0.6) is 0 Å². The highest BCUT2D eigenvalue weighted by Crippen LogP contribution is 2.25. The molecule has 0 aromatic heterocycles. The summed E-state index contributed by atoms with van der Waals surface area (Å²) in [6.45, 7) is 6.65. The summed E-state index contributed by atoms with van der Waals surface area (Å²) in [7, 11) is 0. The van der Waals surface area contributed by atoms with E-state index in [2.05, 4.69) is 0 Å². The maximum atomic E-state index is 9.14. The van der Waals surface area contributed by atoms with Crippen molar-refractivity contribution in [2.45, 2.75) is 38.8 Å². The minimum Gasteiger partial charge on any atom is -0.394 e. The van der Waals surface area contributed by atoms with Crippen LogP contribution in [-0.2, 0) is 18.9 Å². The molecular weight excluding hydrogens is 200 g/mol. The molecule has 1 N–H and O–H groups in total. The topological polar surface area (TPSA) is 57.2 Å². The molecule has 1 fully saturated rings. The fourth-order valence-corrected chi connectivity index (χ4v) is 1.40. The van der Waals surface area contributed by atoms with E-state index in [1.165, 1.54) is 0 Å². The second kappa shape index (κ2) is 5.77. The summed E-state index contributed by atoms with van der Waals surface area (Å²) >= 11 is 0. The second-order valence-corrected chi connectivity index (χ2v) is 3.87. The largest absolute Gasteiger partial charge is 0.394 e. The van der Waals surface area contributed by atoms with Crippen molar-refractivity contribution in [3.8, 4) is 0 Å². The molecule has 0 spiro atoms. The minimum absolute atomic E-state index is 0.100. The van der Waals surface area contributed by atoms with Crippen LogP contribution >= 0.6 is 0 Å². The van der Waals surface area contributed by atoms with Gasteiger partial charge < -0.3 is 24.1 Å². The van der Waals surface area contributed by atoms with Crippen LogP contribution < -0.4 is 0 Å². The molecule has 0 saturated carbocycles. The van der Waals surface area contributed by atoms with Gasteiger partial charge in [-0.25, -0.2) is 0 Å². The number of ether oxygens (including phenoxy) is 4. The van der Waals surface area contributed by atoms with E-state index in [1.54, 1.807) is 0 Å². The standard InChI is InChI=1S/C10H20O5/c1-4-12-7-13-8(5-11)9-6-14-10(2,3)15-9/h8-9,11H,4-7H2,1-3H3/t8-,9+/m0/s1. The summed E-state index contributed by atoms with van der Waals surface area (Å²) in [5.41, 5.74) is 0. The van der Waals surface area contributed by atoms with Crippen molar-refractivity contribution < 1.29 is 24.1 Å². The molecular formula is C10H20O5. The Bertz CT molecular complexity index is 183. The van der Waals surface area contributed by atoms with Crippen molar-refractivity contribution in [1.82, 2.24) is 0 Å². The molecule has 1 heterocycles. The molecule has 1 aliphatic heterocycles. The molecule has 0 radical (unpaired) electrons. The molecule has 0 unspecified atom stereocenters. The van der Waals surface area contributed by atoms with Crippen LogP contribution in [0.25, 0.3) is 0 Å². The molecule has 5 nitrogen and oxygen atoms in total. The van der Waals surface area contributed by atoms with E-state index in [9.17, 15) is 0 Å². The van der Waals surface area contributed by atoms with E-state index in [4.69, 9.17) is 24.1 Å². The first-order chi connectivity index (χ1) is 7.09. The highest BCUT2D eigenvalue weighted by molar-refractivity contribution is 4.77. The highest BCUT2D eigenvalue weighted by atomic mass is 16.8. The quantitative estimate of drug-likeness (QED) is 0.522. The van der Waals surface area contributed by atoms with Crippen molar-refractivity contribution in [3.05, 3.63) is 0 Å². The fraction of sp³-hybridized carbons (Fsp3) is 1.00. The molecule has 0 aromatic rings. The van der Waals surface area contributed by atoms with Crippen molar-refractivity contribution in [2.75, 3.05) is 26.6 Å². The maximum Gasteiger partial charge on any atom is 0.163 e. The summed E-state index contributed by atoms with van der Waals surface area (Å²) in [4.78, 5) is 0. The zero-order valence-electron chi connectivity index (χ0n) is 9.56. The number of rotatable bonds is 6. The van der Waals surface area contributed by atoms with E-state index in [0.717, 1.165) is 0 Å². The normalized spacial score (nSPS) is 26.8. The van der Waals surface area contributed by atoms with E-state index >= 15 is 0 Å². The zero-order valence-corrected chi connectivity index (χ0v) is 9.56. The van der Waals surface area contributed by atoms with Gasteiger partial charge in [-0.15, -0.1) is 0 Å². The van der Waals surface area contributed by atoms with Gasteiger partial charge in [0.05, 0.1) is 13.2 Å². The summed E-state index contributed by atoms with van der Waals surface area (Å²) in [6, 6.07) is 0. The van der Waals surface area contributed by atoms with Gasteiger partial charge >= 0.3 is 0 Å². The number of hydrogen-bond donors (Lipinski definition) is 1. The van der Waals surface area contributed by atoms with Gasteiger partial charge in [-0.2, -0.15) is 0 Å². The van der Waals surface area contributed by atoms with Gasteiger partial charge in [0.2, 0.25) is 0 Å². The van der Waals surface area contributed by atoms with Crippen LogP contribution in [0, 0.1) is 0 Å². The number of aliphatic hydroxyl groups is 1. The molecule has 0 aliphatic carbocycles. The third kappa shape index (κ3) is 4.04. The Hall–Kier alpha value is -0.200. The maximum absolute atomic E-state index is 9.14. The van der Waals surface area contributed by atoms with Crippen LogP contribution in [0.3, 0.4) is 0 Å². The predicted octanol–water partition coefficient (Wildman–Crippen LogP) is 0.509. The van der Waals surface area contributed by atoms with E-state index in [-0.39, 0.29) is 19.5 Å². The first kappa shape index (κ1) is 12.9. The Labute approximate surface area is 90.3 Å². The van der Waals surface area contributed by atoms with Crippen molar-refractivity contribution in [3.63, 3.8) is 0 Å². The lowest BCUT2D eigenvalue weighted by Gasteiger charge is -2.22. The Morgan fingerprint density at radius 3 is 2.73 bits per heavy atom. The predicted molar refractivity (Wildman–Crippen MR) is 53.4 cm³/mol. The van der Waals surface area contributed by atoms with Crippen LogP contribution in [0.1, 0.15) is 20.8 Å². The molecule has 0 bridgehead atoms. The smallest absolute Gasteiger partial charge is 0.163 e. The molecule has 90 valence electrons. The van der Waals surface area contributed by atoms with E-state index < -0.39 is 11.9 Å². The zero-order chi connectivity index (χ0) is 11.3. The Morgan fingerprint density at radius 2 is 2.27 bits per heavy atom. The third-order valence-corrected chi connectivity index (χ3v) is 2.19. The average Bonchev–Trinajstić information content (AvgIpc) is 2.54. The second-order valence-electron chi connectivity index (χ2n) is 3.87. The van der Waals surface area contributed by atoms with Gasteiger partial charge in [0, 0.05) is 6.61 Å². The molecule has 1 aliphatic rings. The van der Waals surface area contributed by atoms with E-state index in [1.807, 2.05) is 20.8 Å². The van der Waals surface area contributed by atoms with Gasteiger partial charge in [0.25, 0.3) is 0 Å². The van der Waals surface area contributed by atoms with Crippen molar-refractivity contribution in [1.29, 1.82) is 0 Å². The van der Waals surface area contributed by atoms with Gasteiger partial charge in [-0.05, 0) is 20.8 Å². The molecule has 0 amide bonds. The Balaban J connectivity index is 2.32. The van der Waals surface area contributed by atoms with Crippen molar-refractivity contribution >= 4 is 0 Å². The van der Waals surface area contributed by atoms with Crippen molar-refractivity contribution in [2.24, 2.45) is 0 Å². The monoisotopic (exact) mass is 220 g/mol. The first-order valence-corrected chi connectivity index (χ1v) is 5.21. The Kier molecular flexibility index (Phi) is 4.95. The lowest BCUT2D eigenvalue weighted by Crippen LogP contribution is -2.36. The molecule has 1 saturated heterocycles. The lowest BCUT2D eigenvalue weighted by atomic mass is 10.2. The summed E-state index contributed by atoms with van der Waals surface area (Å²) in [5.74, 6) is -0.590. The Morgan fingerprint density at radius 1 is 1.53 bits per heavy atom. The van der Waals surface area contributed by atoms with Crippen LogP contribution in [-0.4, -0.2) is 49.7 Å². The van der Waals surface area contributed by atoms with E-state index in [0.29, 0.717) is 13.2 Å². The van der Waals surface area contributed by atoms with Gasteiger partial charge in [-0.3, -0.25) is 0 Å². The first-order valence-electron chi connectivity index (χ1n) is 5.21. The van der Waals surface area contributed by atoms with Crippen LogP contribution in [0.2, 0.25) is 0 Å². The lowest BCUT2D eigenvalue weighted by molar-refractivity contribution is -0.177. The van der Waals surface area contributed by atoms with Crippen LogP contribution in [0.4, 0.5) is 0 Å². The van der Waals surface area contributed by atoms with Gasteiger partial charge in [0.15, 0.2) is 5.79 Å². The average molecular weight is 220 g/mol. The summed E-state index contributed by atoms with van der Waals surface area (Å²) in [5, 5.41) is 9.14. The number of hydrogen-bond acceptors (Lipinski definition) is 5. The minimum atomic E-state index is -0.590. The SMILES string of the molecule is CCOCO[C@@H](CO)[C@H]1COC(C)(C)O1. The summed E-state index contributed by atoms with van der Waals surface area (Å²) < 4.78 is 21.3. The fourth-order valence-electron chi connectivity index (χ4n) is 1.40. The van der Waals surface area contributed by atoms with Crippen LogP contribution in [0.15, 0.2) is 0 Å².